The van der Waals surface area contributed by atoms with Gasteiger partial charge in [0, 0.05) is 71.2 Å². The Hall–Kier alpha value is -1.38. The summed E-state index contributed by atoms with van der Waals surface area (Å²) in [5.74, 6) is -2.18. The standard InChI is InChI=1S/C29H19F3.2Y/c1-16-4-5-17(2)29(22-9-7-20-13-26(31)27(32)15-24(20)12-22)28(16)21-8-6-19-10-18(3)25(30)14-23(19)11-21;;/h4-9,11-12,14-15H,1-3H3;;/q-2;;. The van der Waals surface area contributed by atoms with Crippen LogP contribution in [0.3, 0.4) is 0 Å². The van der Waals surface area contributed by atoms with Crippen LogP contribution in [0.15, 0.2) is 60.7 Å². The van der Waals surface area contributed by atoms with Crippen LogP contribution < -0.4 is 0 Å². The van der Waals surface area contributed by atoms with Crippen LogP contribution in [0.2, 0.25) is 0 Å². The number of benzene rings is 5. The van der Waals surface area contributed by atoms with Gasteiger partial charge in [0.05, 0.1) is 11.6 Å². The van der Waals surface area contributed by atoms with Crippen molar-refractivity contribution in [2.45, 2.75) is 20.8 Å². The average molecular weight is 602 g/mol. The molecule has 0 spiro atoms. The summed E-state index contributed by atoms with van der Waals surface area (Å²) in [7, 11) is 0. The minimum atomic E-state index is -0.979. The van der Waals surface area contributed by atoms with Crippen molar-refractivity contribution in [2.75, 3.05) is 0 Å². The molecule has 0 aromatic heterocycles. The molecule has 164 valence electrons. The van der Waals surface area contributed by atoms with Crippen LogP contribution in [-0.4, -0.2) is 0 Å². The van der Waals surface area contributed by atoms with E-state index in [9.17, 15) is 13.2 Å². The number of hydrogen-bond donors (Lipinski definition) is 0. The van der Waals surface area contributed by atoms with Gasteiger partial charge in [-0.25, -0.2) is 4.39 Å². The van der Waals surface area contributed by atoms with Gasteiger partial charge < -0.3 is 0 Å². The molecular weight excluding hydrogens is 583 g/mol. The van der Waals surface area contributed by atoms with Crippen molar-refractivity contribution in [1.29, 1.82) is 0 Å². The fourth-order valence-electron chi connectivity index (χ4n) is 4.34. The van der Waals surface area contributed by atoms with Crippen LogP contribution in [0.25, 0.3) is 43.8 Å². The van der Waals surface area contributed by atoms with Gasteiger partial charge in [-0.1, -0.05) is 43.3 Å². The van der Waals surface area contributed by atoms with Crippen LogP contribution in [0, 0.1) is 50.4 Å². The minimum Gasteiger partial charge on any atom is -0.265 e. The molecule has 0 unspecified atom stereocenters. The van der Waals surface area contributed by atoms with E-state index in [0.29, 0.717) is 16.3 Å². The number of hydrogen-bond acceptors (Lipinski definition) is 0. The fourth-order valence-corrected chi connectivity index (χ4v) is 4.34. The number of fused-ring (bicyclic) bond motifs is 2. The maximum Gasteiger partial charge on any atom is 0.0751 e. The summed E-state index contributed by atoms with van der Waals surface area (Å²) in [6.45, 7) is 5.77. The largest absolute Gasteiger partial charge is 0.265 e. The molecule has 5 heteroatoms. The number of halogens is 3. The zero-order valence-electron chi connectivity index (χ0n) is 19.1. The monoisotopic (exact) mass is 602 g/mol. The molecule has 0 N–H and O–H groups in total. The summed E-state index contributed by atoms with van der Waals surface area (Å²) in [4.78, 5) is 0. The van der Waals surface area contributed by atoms with Gasteiger partial charge in [-0.2, -0.15) is 0 Å². The van der Waals surface area contributed by atoms with Crippen LogP contribution in [0.4, 0.5) is 13.2 Å². The third-order valence-corrected chi connectivity index (χ3v) is 6.00. The van der Waals surface area contributed by atoms with E-state index in [1.165, 1.54) is 6.07 Å². The van der Waals surface area contributed by atoms with Gasteiger partial charge in [0.2, 0.25) is 0 Å². The van der Waals surface area contributed by atoms with Gasteiger partial charge >= 0.3 is 0 Å². The first-order valence-corrected chi connectivity index (χ1v) is 10.4. The van der Waals surface area contributed by atoms with Gasteiger partial charge in [-0.05, 0) is 47.2 Å². The van der Waals surface area contributed by atoms with Crippen molar-refractivity contribution < 1.29 is 78.6 Å². The van der Waals surface area contributed by atoms with E-state index in [4.69, 9.17) is 0 Å². The quantitative estimate of drug-likeness (QED) is 0.179. The summed E-state index contributed by atoms with van der Waals surface area (Å²) >= 11 is 0. The molecule has 0 fully saturated rings. The average Bonchev–Trinajstić information content (AvgIpc) is 2.76. The zero-order chi connectivity index (χ0) is 22.6. The summed E-state index contributed by atoms with van der Waals surface area (Å²) in [6.07, 6.45) is 0. The third-order valence-electron chi connectivity index (χ3n) is 6.00. The third kappa shape index (κ3) is 4.96. The Kier molecular flexibility index (Phi) is 8.57. The molecule has 0 amide bonds. The molecule has 0 saturated carbocycles. The fraction of sp³-hybridized carbons (Fsp3) is 0.103. The molecule has 5 rings (SSSR count). The molecule has 0 aliphatic rings. The predicted molar refractivity (Wildman–Crippen MR) is 124 cm³/mol. The Morgan fingerprint density at radius 3 is 1.56 bits per heavy atom. The molecule has 34 heavy (non-hydrogen) atoms. The summed E-state index contributed by atoms with van der Waals surface area (Å²) < 4.78 is 41.6. The first-order valence-electron chi connectivity index (χ1n) is 10.4. The second-order valence-corrected chi connectivity index (χ2v) is 8.23. The van der Waals surface area contributed by atoms with Crippen molar-refractivity contribution in [2.24, 2.45) is 0 Å². The van der Waals surface area contributed by atoms with Crippen LogP contribution >= 0.6 is 0 Å². The zero-order valence-corrected chi connectivity index (χ0v) is 24.7. The van der Waals surface area contributed by atoms with Gasteiger partial charge in [-0.3, -0.25) is 8.78 Å². The van der Waals surface area contributed by atoms with Crippen molar-refractivity contribution in [3.8, 4) is 22.3 Å². The maximum absolute atomic E-state index is 14.2. The van der Waals surface area contributed by atoms with E-state index in [1.54, 1.807) is 19.1 Å². The predicted octanol–water partition coefficient (Wildman–Crippen LogP) is 8.26. The molecule has 0 nitrogen and oxygen atoms in total. The van der Waals surface area contributed by atoms with Crippen LogP contribution in [0.1, 0.15) is 16.7 Å². The molecule has 5 aromatic carbocycles. The van der Waals surface area contributed by atoms with Crippen molar-refractivity contribution in [3.63, 3.8) is 0 Å². The Morgan fingerprint density at radius 2 is 1.03 bits per heavy atom. The van der Waals surface area contributed by atoms with Crippen LogP contribution in [-0.2, 0) is 65.4 Å². The molecular formula is C29H19F3Y2-2. The smallest absolute Gasteiger partial charge is 0.0751 e. The van der Waals surface area contributed by atoms with Gasteiger partial charge in [0.1, 0.15) is 0 Å². The molecule has 2 radical (unpaired) electrons. The molecule has 5 aromatic rings. The van der Waals surface area contributed by atoms with Crippen molar-refractivity contribution >= 4 is 21.5 Å². The summed E-state index contributed by atoms with van der Waals surface area (Å²) in [6, 6.07) is 23.9. The topological polar surface area (TPSA) is 0 Å². The van der Waals surface area contributed by atoms with Gasteiger partial charge in [0.25, 0.3) is 0 Å². The second-order valence-electron chi connectivity index (χ2n) is 8.23. The first kappa shape index (κ1) is 27.2. The van der Waals surface area contributed by atoms with Crippen molar-refractivity contribution in [1.82, 2.24) is 0 Å². The van der Waals surface area contributed by atoms with Crippen molar-refractivity contribution in [3.05, 3.63) is 107 Å². The number of aryl methyl sites for hydroxylation is 3. The van der Waals surface area contributed by atoms with E-state index >= 15 is 0 Å². The molecule has 0 aliphatic heterocycles. The van der Waals surface area contributed by atoms with E-state index in [0.717, 1.165) is 44.2 Å². The summed E-state index contributed by atoms with van der Waals surface area (Å²) in [5.41, 5.74) is 6.51. The van der Waals surface area contributed by atoms with Gasteiger partial charge in [0.15, 0.2) is 0 Å². The summed E-state index contributed by atoms with van der Waals surface area (Å²) in [5, 5.41) is 2.74. The molecule has 0 aliphatic carbocycles. The Morgan fingerprint density at radius 1 is 0.559 bits per heavy atom. The van der Waals surface area contributed by atoms with Crippen LogP contribution in [0.5, 0.6) is 0 Å². The molecule has 0 bridgehead atoms. The minimum absolute atomic E-state index is 0. The Balaban J connectivity index is 0.00000162. The van der Waals surface area contributed by atoms with Gasteiger partial charge in [-0.15, -0.1) is 63.5 Å². The van der Waals surface area contributed by atoms with E-state index in [1.807, 2.05) is 50.2 Å². The molecule has 0 saturated heterocycles. The Bertz CT molecular complexity index is 1420. The van der Waals surface area contributed by atoms with E-state index < -0.39 is 11.6 Å². The molecule has 0 heterocycles. The maximum atomic E-state index is 14.2. The second kappa shape index (κ2) is 10.7. The van der Waals surface area contributed by atoms with E-state index in [-0.39, 0.29) is 71.2 Å². The molecule has 0 atom stereocenters. The number of rotatable bonds is 2. The Labute approximate surface area is 247 Å². The normalized spacial score (nSPS) is 10.8. The van der Waals surface area contributed by atoms with E-state index in [2.05, 4.69) is 18.2 Å². The first-order chi connectivity index (χ1) is 15.3. The SMILES string of the molecule is Cc1[c-]c2ccc(-c3c(C)ccc(C)c3-c3ccc4[c-]c(F)c(F)cc4c3)cc2cc1F.[Y].[Y].